The lowest BCUT2D eigenvalue weighted by Crippen LogP contribution is -2.36. The zero-order valence-corrected chi connectivity index (χ0v) is 9.56. The van der Waals surface area contributed by atoms with Crippen molar-refractivity contribution in [1.29, 1.82) is 0 Å². The lowest BCUT2D eigenvalue weighted by Gasteiger charge is -2.17. The average Bonchev–Trinajstić information content (AvgIpc) is 2.34. The first kappa shape index (κ1) is 12.5. The molecule has 0 fully saturated rings. The predicted molar refractivity (Wildman–Crippen MR) is 66.2 cm³/mol. The minimum absolute atomic E-state index is 0.00758. The molecule has 1 aromatic rings. The number of nitrogens with zero attached hydrogens (tertiary/aromatic N) is 1. The van der Waals surface area contributed by atoms with E-state index in [0.29, 0.717) is 12.5 Å². The molecular formula is C12H19N3O. The molecule has 0 saturated carbocycles. The molecule has 0 bridgehead atoms. The first-order chi connectivity index (χ1) is 7.77. The highest BCUT2D eigenvalue weighted by Gasteiger charge is 2.09. The molecule has 0 aromatic heterocycles. The number of benzene rings is 1. The van der Waals surface area contributed by atoms with E-state index in [1.54, 1.807) is 0 Å². The smallest absolute Gasteiger partial charge is 0.189 e. The van der Waals surface area contributed by atoms with E-state index in [0.717, 1.165) is 12.0 Å². The SMILES string of the molecule is CCCN=C(N)NC(CO)c1ccccc1. The average molecular weight is 221 g/mol. The van der Waals surface area contributed by atoms with Gasteiger partial charge in [0.25, 0.3) is 0 Å². The summed E-state index contributed by atoms with van der Waals surface area (Å²) in [6.07, 6.45) is 0.956. The van der Waals surface area contributed by atoms with E-state index in [9.17, 15) is 5.11 Å². The third kappa shape index (κ3) is 3.90. The largest absolute Gasteiger partial charge is 0.394 e. The molecule has 4 heteroatoms. The highest BCUT2D eigenvalue weighted by molar-refractivity contribution is 5.78. The Bertz CT molecular complexity index is 324. The highest BCUT2D eigenvalue weighted by Crippen LogP contribution is 2.10. The second-order valence-electron chi connectivity index (χ2n) is 3.56. The molecule has 1 atom stereocenters. The van der Waals surface area contributed by atoms with Crippen LogP contribution < -0.4 is 11.1 Å². The van der Waals surface area contributed by atoms with Gasteiger partial charge in [-0.1, -0.05) is 37.3 Å². The Labute approximate surface area is 96.2 Å². The summed E-state index contributed by atoms with van der Waals surface area (Å²) in [5.41, 5.74) is 6.70. The molecule has 4 N–H and O–H groups in total. The van der Waals surface area contributed by atoms with E-state index in [-0.39, 0.29) is 12.6 Å². The fourth-order valence-electron chi connectivity index (χ4n) is 1.38. The summed E-state index contributed by atoms with van der Waals surface area (Å²) in [6, 6.07) is 9.49. The van der Waals surface area contributed by atoms with Crippen molar-refractivity contribution in [2.24, 2.45) is 10.7 Å². The Morgan fingerprint density at radius 2 is 2.12 bits per heavy atom. The van der Waals surface area contributed by atoms with Crippen LogP contribution in [0.2, 0.25) is 0 Å². The molecule has 0 aliphatic rings. The molecule has 0 heterocycles. The van der Waals surface area contributed by atoms with Crippen LogP contribution in [-0.2, 0) is 0 Å². The lowest BCUT2D eigenvalue weighted by atomic mass is 10.1. The van der Waals surface area contributed by atoms with Crippen LogP contribution in [0.3, 0.4) is 0 Å². The minimum atomic E-state index is -0.193. The number of aliphatic hydroxyl groups is 1. The fraction of sp³-hybridized carbons (Fsp3) is 0.417. The zero-order valence-electron chi connectivity index (χ0n) is 9.56. The summed E-state index contributed by atoms with van der Waals surface area (Å²) in [5, 5.41) is 12.3. The summed E-state index contributed by atoms with van der Waals surface area (Å²) in [4.78, 5) is 4.13. The third-order valence-corrected chi connectivity index (χ3v) is 2.21. The van der Waals surface area contributed by atoms with Crippen LogP contribution in [0.25, 0.3) is 0 Å². The number of nitrogens with one attached hydrogen (secondary N) is 1. The molecule has 0 aliphatic heterocycles. The van der Waals surface area contributed by atoms with Gasteiger partial charge < -0.3 is 16.2 Å². The molecular weight excluding hydrogens is 202 g/mol. The van der Waals surface area contributed by atoms with Crippen molar-refractivity contribution in [2.45, 2.75) is 19.4 Å². The van der Waals surface area contributed by atoms with Crippen molar-refractivity contribution in [1.82, 2.24) is 5.32 Å². The van der Waals surface area contributed by atoms with Gasteiger partial charge in [-0.05, 0) is 12.0 Å². The Balaban J connectivity index is 2.62. The molecule has 88 valence electrons. The van der Waals surface area contributed by atoms with Crippen molar-refractivity contribution >= 4 is 5.96 Å². The van der Waals surface area contributed by atoms with Gasteiger partial charge in [0.15, 0.2) is 5.96 Å². The molecule has 16 heavy (non-hydrogen) atoms. The summed E-state index contributed by atoms with van der Waals surface area (Å²) in [5.74, 6) is 0.379. The van der Waals surface area contributed by atoms with Gasteiger partial charge in [0.05, 0.1) is 12.6 Å². The number of hydrogen-bond donors (Lipinski definition) is 3. The van der Waals surface area contributed by atoms with Gasteiger partial charge in [-0.2, -0.15) is 0 Å². The van der Waals surface area contributed by atoms with Crippen molar-refractivity contribution in [3.8, 4) is 0 Å². The van der Waals surface area contributed by atoms with Gasteiger partial charge in [0, 0.05) is 6.54 Å². The first-order valence-electron chi connectivity index (χ1n) is 5.50. The molecule has 1 rings (SSSR count). The quantitative estimate of drug-likeness (QED) is 0.514. The molecule has 4 nitrogen and oxygen atoms in total. The summed E-state index contributed by atoms with van der Waals surface area (Å²) < 4.78 is 0. The van der Waals surface area contributed by atoms with E-state index in [4.69, 9.17) is 5.73 Å². The maximum atomic E-state index is 9.28. The fourth-order valence-corrected chi connectivity index (χ4v) is 1.38. The van der Waals surface area contributed by atoms with Gasteiger partial charge in [-0.15, -0.1) is 0 Å². The van der Waals surface area contributed by atoms with Gasteiger partial charge in [0.2, 0.25) is 0 Å². The van der Waals surface area contributed by atoms with Crippen molar-refractivity contribution in [3.05, 3.63) is 35.9 Å². The second kappa shape index (κ2) is 6.85. The van der Waals surface area contributed by atoms with E-state index < -0.39 is 0 Å². The van der Waals surface area contributed by atoms with Gasteiger partial charge in [0.1, 0.15) is 0 Å². The van der Waals surface area contributed by atoms with E-state index in [1.165, 1.54) is 0 Å². The normalized spacial score (nSPS) is 13.5. The van der Waals surface area contributed by atoms with Crippen LogP contribution in [0.15, 0.2) is 35.3 Å². The molecule has 0 amide bonds. The van der Waals surface area contributed by atoms with Crippen LogP contribution in [0, 0.1) is 0 Å². The predicted octanol–water partition coefficient (Wildman–Crippen LogP) is 1.03. The Hall–Kier alpha value is -1.55. The van der Waals surface area contributed by atoms with E-state index in [1.807, 2.05) is 37.3 Å². The molecule has 1 unspecified atom stereocenters. The van der Waals surface area contributed by atoms with Crippen LogP contribution in [-0.4, -0.2) is 24.2 Å². The van der Waals surface area contributed by atoms with Crippen LogP contribution >= 0.6 is 0 Å². The molecule has 0 aliphatic carbocycles. The summed E-state index contributed by atoms with van der Waals surface area (Å²) in [6.45, 7) is 2.73. The van der Waals surface area contributed by atoms with E-state index >= 15 is 0 Å². The Morgan fingerprint density at radius 1 is 1.44 bits per heavy atom. The molecule has 1 aromatic carbocycles. The van der Waals surface area contributed by atoms with Crippen molar-refractivity contribution < 1.29 is 5.11 Å². The summed E-state index contributed by atoms with van der Waals surface area (Å²) in [7, 11) is 0. The first-order valence-corrected chi connectivity index (χ1v) is 5.50. The second-order valence-corrected chi connectivity index (χ2v) is 3.56. The monoisotopic (exact) mass is 221 g/mol. The maximum Gasteiger partial charge on any atom is 0.189 e. The Morgan fingerprint density at radius 3 is 2.69 bits per heavy atom. The molecule has 0 radical (unpaired) electrons. The zero-order chi connectivity index (χ0) is 11.8. The number of rotatable bonds is 5. The van der Waals surface area contributed by atoms with Crippen LogP contribution in [0.5, 0.6) is 0 Å². The number of hydrogen-bond acceptors (Lipinski definition) is 2. The van der Waals surface area contributed by atoms with E-state index in [2.05, 4.69) is 10.3 Å². The van der Waals surface area contributed by atoms with Gasteiger partial charge >= 0.3 is 0 Å². The van der Waals surface area contributed by atoms with Crippen molar-refractivity contribution in [3.63, 3.8) is 0 Å². The Kier molecular flexibility index (Phi) is 5.36. The van der Waals surface area contributed by atoms with Crippen LogP contribution in [0.4, 0.5) is 0 Å². The standard InChI is InChI=1S/C12H19N3O/c1-2-8-14-12(13)15-11(9-16)10-6-4-3-5-7-10/h3-7,11,16H,2,8-9H2,1H3,(H3,13,14,15). The highest BCUT2D eigenvalue weighted by atomic mass is 16.3. The number of guanidine groups is 1. The number of nitrogens with two attached hydrogens (primary N) is 1. The van der Waals surface area contributed by atoms with Crippen molar-refractivity contribution in [2.75, 3.05) is 13.2 Å². The molecule has 0 saturated heterocycles. The van der Waals surface area contributed by atoms with Gasteiger partial charge in [-0.25, -0.2) is 0 Å². The number of aliphatic hydroxyl groups excluding tert-OH is 1. The molecule has 0 spiro atoms. The third-order valence-electron chi connectivity index (χ3n) is 2.21. The van der Waals surface area contributed by atoms with Gasteiger partial charge in [-0.3, -0.25) is 4.99 Å². The maximum absolute atomic E-state index is 9.28. The lowest BCUT2D eigenvalue weighted by molar-refractivity contribution is 0.257. The number of aliphatic imine (C=N–C) groups is 1. The van der Waals surface area contributed by atoms with Crippen LogP contribution in [0.1, 0.15) is 24.9 Å². The summed E-state index contributed by atoms with van der Waals surface area (Å²) >= 11 is 0. The topological polar surface area (TPSA) is 70.6 Å². The minimum Gasteiger partial charge on any atom is -0.394 e.